The van der Waals surface area contributed by atoms with Gasteiger partial charge in [0, 0.05) is 0 Å². The van der Waals surface area contributed by atoms with Gasteiger partial charge in [-0.2, -0.15) is 0 Å². The van der Waals surface area contributed by atoms with Crippen LogP contribution in [0.4, 0.5) is 0 Å². The van der Waals surface area contributed by atoms with Crippen LogP contribution in [-0.2, 0) is 0 Å². The van der Waals surface area contributed by atoms with Crippen LogP contribution in [0.5, 0.6) is 0 Å². The highest BCUT2D eigenvalue weighted by Crippen LogP contribution is 2.72. The lowest BCUT2D eigenvalue weighted by molar-refractivity contribution is 0.561. The molecule has 0 aromatic heterocycles. The standard InChI is InChI=1S/C10H18P4/c1-7-9-4-2-3-8(9)5-6-10(7)14(12)13-11/h2,4,7,10,13H,3,5-6,11-12H2,1H3/t7-,10-,14?/m0/s1. The topological polar surface area (TPSA) is 0 Å². The van der Waals surface area contributed by atoms with Gasteiger partial charge >= 0.3 is 0 Å². The Hall–Kier alpha value is 1.20. The molecule has 6 atom stereocenters. The van der Waals surface area contributed by atoms with E-state index >= 15 is 0 Å². The smallest absolute Gasteiger partial charge is 0.00667 e. The summed E-state index contributed by atoms with van der Waals surface area (Å²) >= 11 is 0. The van der Waals surface area contributed by atoms with E-state index in [0.29, 0.717) is 0 Å². The highest BCUT2D eigenvalue weighted by Gasteiger charge is 2.31. The molecule has 0 aromatic carbocycles. The van der Waals surface area contributed by atoms with E-state index < -0.39 is 0 Å². The zero-order chi connectivity index (χ0) is 10.1. The molecule has 0 amide bonds. The molecular formula is C10H18P4. The number of hydrogen-bond acceptors (Lipinski definition) is 0. The van der Waals surface area contributed by atoms with Gasteiger partial charge in [0.25, 0.3) is 0 Å². The summed E-state index contributed by atoms with van der Waals surface area (Å²) in [6.07, 6.45) is 8.76. The molecule has 78 valence electrons. The summed E-state index contributed by atoms with van der Waals surface area (Å²) in [6, 6.07) is 0. The van der Waals surface area contributed by atoms with Crippen LogP contribution in [0.25, 0.3) is 0 Å². The fraction of sp³-hybridized carbons (Fsp3) is 0.600. The van der Waals surface area contributed by atoms with Crippen LogP contribution in [0.2, 0.25) is 0 Å². The first-order chi connectivity index (χ1) is 6.74. The molecule has 0 N–H and O–H groups in total. The summed E-state index contributed by atoms with van der Waals surface area (Å²) in [5, 5.41) is 0. The van der Waals surface area contributed by atoms with Crippen LogP contribution < -0.4 is 0 Å². The van der Waals surface area contributed by atoms with Crippen LogP contribution in [0.15, 0.2) is 23.3 Å². The predicted octanol–water partition coefficient (Wildman–Crippen LogP) is 4.70. The van der Waals surface area contributed by atoms with Gasteiger partial charge in [-0.15, -0.1) is 17.9 Å². The molecule has 2 rings (SSSR count). The van der Waals surface area contributed by atoms with Gasteiger partial charge in [-0.05, 0) is 36.4 Å². The molecule has 0 heterocycles. The zero-order valence-electron chi connectivity index (χ0n) is 8.53. The van der Waals surface area contributed by atoms with Gasteiger partial charge in [0.15, 0.2) is 0 Å². The number of rotatable bonds is 2. The van der Waals surface area contributed by atoms with Crippen LogP contribution in [0.3, 0.4) is 0 Å². The summed E-state index contributed by atoms with van der Waals surface area (Å²) in [5.74, 6) is 0.814. The molecule has 4 heteroatoms. The lowest BCUT2D eigenvalue weighted by Crippen LogP contribution is -2.20. The summed E-state index contributed by atoms with van der Waals surface area (Å²) in [6.45, 7) is 2.43. The molecule has 4 unspecified atom stereocenters. The Morgan fingerprint density at radius 3 is 3.07 bits per heavy atom. The molecule has 14 heavy (non-hydrogen) atoms. The molecule has 0 aliphatic heterocycles. The molecule has 2 aliphatic rings. The average Bonchev–Trinajstić information content (AvgIpc) is 2.66. The van der Waals surface area contributed by atoms with Crippen molar-refractivity contribution in [1.82, 2.24) is 0 Å². The van der Waals surface area contributed by atoms with E-state index in [1.807, 2.05) is 0 Å². The first-order valence-corrected chi connectivity index (χ1v) is 11.8. The van der Waals surface area contributed by atoms with Crippen molar-refractivity contribution in [2.75, 3.05) is 0 Å². The van der Waals surface area contributed by atoms with Gasteiger partial charge in [-0.3, -0.25) is 0 Å². The highest BCUT2D eigenvalue weighted by molar-refractivity contribution is 8.61. The van der Waals surface area contributed by atoms with Gasteiger partial charge in [-0.1, -0.05) is 39.9 Å². The first kappa shape index (κ1) is 11.7. The highest BCUT2D eigenvalue weighted by atomic mass is 32.6. The third kappa shape index (κ3) is 2.15. The summed E-state index contributed by atoms with van der Waals surface area (Å²) in [5.41, 5.74) is 4.36. The number of allylic oxidation sites excluding steroid dienone is 4. The maximum Gasteiger partial charge on any atom is -0.00667 e. The fourth-order valence-electron chi connectivity index (χ4n) is 2.54. The molecule has 0 fully saturated rings. The Morgan fingerprint density at radius 1 is 1.57 bits per heavy atom. The normalized spacial score (nSPS) is 34.2. The molecule has 0 saturated heterocycles. The van der Waals surface area contributed by atoms with Crippen molar-refractivity contribution in [3.8, 4) is 0 Å². The van der Waals surface area contributed by atoms with Crippen LogP contribution in [0, 0.1) is 5.92 Å². The number of hydrogen-bond donors (Lipinski definition) is 0. The Bertz CT molecular complexity index is 282. The van der Waals surface area contributed by atoms with E-state index in [9.17, 15) is 0 Å². The van der Waals surface area contributed by atoms with Gasteiger partial charge in [-0.25, -0.2) is 0 Å². The third-order valence-corrected chi connectivity index (χ3v) is 14.9. The third-order valence-electron chi connectivity index (χ3n) is 3.39. The molecule has 2 aliphatic carbocycles. The Kier molecular flexibility index (Phi) is 4.19. The molecule has 0 saturated carbocycles. The van der Waals surface area contributed by atoms with E-state index in [1.165, 1.54) is 19.3 Å². The van der Waals surface area contributed by atoms with Crippen molar-refractivity contribution < 1.29 is 0 Å². The van der Waals surface area contributed by atoms with E-state index in [4.69, 9.17) is 0 Å². The fourth-order valence-corrected chi connectivity index (χ4v) is 8.36. The second-order valence-electron chi connectivity index (χ2n) is 4.10. The zero-order valence-corrected chi connectivity index (χ0v) is 12.7. The Labute approximate surface area is 94.4 Å². The van der Waals surface area contributed by atoms with E-state index in [2.05, 4.69) is 36.9 Å². The maximum absolute atomic E-state index is 3.10. The van der Waals surface area contributed by atoms with Crippen molar-refractivity contribution in [1.29, 1.82) is 0 Å². The van der Waals surface area contributed by atoms with Gasteiger partial charge in [0.2, 0.25) is 0 Å². The summed E-state index contributed by atoms with van der Waals surface area (Å²) < 4.78 is 0. The van der Waals surface area contributed by atoms with Gasteiger partial charge in [0.1, 0.15) is 0 Å². The summed E-state index contributed by atoms with van der Waals surface area (Å²) in [7, 11) is 7.27. The summed E-state index contributed by atoms with van der Waals surface area (Å²) in [4.78, 5) is 0. The second kappa shape index (κ2) is 5.02. The first-order valence-electron chi connectivity index (χ1n) is 5.12. The van der Waals surface area contributed by atoms with Crippen molar-refractivity contribution >= 4 is 33.1 Å². The van der Waals surface area contributed by atoms with E-state index in [0.717, 1.165) is 19.5 Å². The van der Waals surface area contributed by atoms with Crippen molar-refractivity contribution in [3.05, 3.63) is 23.3 Å². The molecular weight excluding hydrogens is 244 g/mol. The van der Waals surface area contributed by atoms with Crippen LogP contribution in [-0.4, -0.2) is 5.66 Å². The van der Waals surface area contributed by atoms with Crippen molar-refractivity contribution in [2.45, 2.75) is 31.8 Å². The minimum Gasteiger partial charge on any atom is -0.110 e. The molecule has 0 bridgehead atoms. The Morgan fingerprint density at radius 2 is 2.36 bits per heavy atom. The Balaban J connectivity index is 2.15. The lowest BCUT2D eigenvalue weighted by Gasteiger charge is -2.34. The minimum absolute atomic E-state index is 0.180. The van der Waals surface area contributed by atoms with Crippen molar-refractivity contribution in [2.24, 2.45) is 5.92 Å². The lowest BCUT2D eigenvalue weighted by atomic mass is 9.85. The minimum atomic E-state index is 0.180. The SMILES string of the molecule is C[C@H]1C2=C(CC=C2)CC[C@@H]1P(P)PP. The quantitative estimate of drug-likeness (QED) is 0.633. The molecule has 0 radical (unpaired) electrons. The predicted molar refractivity (Wildman–Crippen MR) is 77.6 cm³/mol. The van der Waals surface area contributed by atoms with Gasteiger partial charge < -0.3 is 0 Å². The van der Waals surface area contributed by atoms with E-state index in [1.54, 1.807) is 11.1 Å². The van der Waals surface area contributed by atoms with E-state index in [-0.39, 0.29) is 7.30 Å². The van der Waals surface area contributed by atoms with Crippen molar-refractivity contribution in [3.63, 3.8) is 0 Å². The maximum atomic E-state index is 3.10. The largest absolute Gasteiger partial charge is 0.110 e. The monoisotopic (exact) mass is 262 g/mol. The average molecular weight is 262 g/mol. The van der Waals surface area contributed by atoms with Gasteiger partial charge in [0.05, 0.1) is 0 Å². The van der Waals surface area contributed by atoms with Crippen LogP contribution >= 0.6 is 33.1 Å². The molecule has 0 spiro atoms. The molecule has 0 aromatic rings. The molecule has 0 nitrogen and oxygen atoms in total. The van der Waals surface area contributed by atoms with Crippen LogP contribution in [0.1, 0.15) is 26.2 Å². The second-order valence-corrected chi connectivity index (χ2v) is 13.7.